The average Bonchev–Trinajstić information content (AvgIpc) is 2.50. The van der Waals surface area contributed by atoms with Crippen molar-refractivity contribution in [2.24, 2.45) is 14.1 Å². The van der Waals surface area contributed by atoms with E-state index < -0.39 is 26.2 Å². The third-order valence-corrected chi connectivity index (χ3v) is 4.49. The Bertz CT molecular complexity index is 926. The van der Waals surface area contributed by atoms with E-state index in [1.807, 2.05) is 6.92 Å². The molecule has 0 atom stereocenters. The first kappa shape index (κ1) is 16.8. The molecule has 124 valence electrons. The molecule has 2 rings (SSSR count). The van der Waals surface area contributed by atoms with E-state index in [2.05, 4.69) is 4.72 Å². The highest BCUT2D eigenvalue weighted by Crippen LogP contribution is 2.18. The van der Waals surface area contributed by atoms with E-state index in [0.29, 0.717) is 12.4 Å². The molecular weight excluding hydrogens is 322 g/mol. The van der Waals surface area contributed by atoms with E-state index in [1.165, 1.54) is 26.2 Å². The normalized spacial score (nSPS) is 11.3. The lowest BCUT2D eigenvalue weighted by Gasteiger charge is -2.10. The Morgan fingerprint density at radius 2 is 1.74 bits per heavy atom. The van der Waals surface area contributed by atoms with Gasteiger partial charge in [-0.2, -0.15) is 0 Å². The van der Waals surface area contributed by atoms with Crippen molar-refractivity contribution in [3.63, 3.8) is 0 Å². The van der Waals surface area contributed by atoms with Gasteiger partial charge in [0.2, 0.25) is 0 Å². The maximum atomic E-state index is 12.4. The molecule has 0 bridgehead atoms. The number of benzene rings is 1. The second-order valence-electron chi connectivity index (χ2n) is 4.81. The van der Waals surface area contributed by atoms with Gasteiger partial charge in [0, 0.05) is 26.0 Å². The highest BCUT2D eigenvalue weighted by molar-refractivity contribution is 7.92. The van der Waals surface area contributed by atoms with E-state index in [9.17, 15) is 18.0 Å². The van der Waals surface area contributed by atoms with Crippen molar-refractivity contribution >= 4 is 15.7 Å². The lowest BCUT2D eigenvalue weighted by Crippen LogP contribution is -2.40. The molecule has 0 amide bonds. The first-order chi connectivity index (χ1) is 10.8. The summed E-state index contributed by atoms with van der Waals surface area (Å²) in [6.07, 6.45) is 1.00. The zero-order chi connectivity index (χ0) is 17.2. The molecule has 1 heterocycles. The molecule has 0 aliphatic rings. The lowest BCUT2D eigenvalue weighted by molar-refractivity contribution is 0.340. The van der Waals surface area contributed by atoms with E-state index in [-0.39, 0.29) is 5.69 Å². The summed E-state index contributed by atoms with van der Waals surface area (Å²) in [6.45, 7) is 2.34. The summed E-state index contributed by atoms with van der Waals surface area (Å²) in [7, 11) is -1.52. The van der Waals surface area contributed by atoms with Gasteiger partial charge in [-0.05, 0) is 31.2 Å². The maximum absolute atomic E-state index is 12.4. The van der Waals surface area contributed by atoms with Crippen LogP contribution >= 0.6 is 0 Å². The molecule has 2 aromatic rings. The summed E-state index contributed by atoms with van der Waals surface area (Å²) < 4.78 is 34.1. The smallest absolute Gasteiger partial charge is 0.330 e. The van der Waals surface area contributed by atoms with Gasteiger partial charge in [0.1, 0.15) is 5.75 Å². The van der Waals surface area contributed by atoms with Crippen LogP contribution in [-0.4, -0.2) is 24.2 Å². The second-order valence-corrected chi connectivity index (χ2v) is 6.46. The third-order valence-electron chi connectivity index (χ3n) is 3.12. The Hall–Kier alpha value is -2.55. The SMILES string of the molecule is CCOc1ccc(NS(=O)(=O)c2cn(C)c(=O)n(C)c2=O)cc1. The predicted molar refractivity (Wildman–Crippen MR) is 85.3 cm³/mol. The standard InChI is InChI=1S/C14H17N3O5S/c1-4-22-11-7-5-10(6-8-11)15-23(20,21)12-9-16(2)14(19)17(3)13(12)18/h5-9,15H,4H2,1-3H3. The van der Waals surface area contributed by atoms with E-state index in [4.69, 9.17) is 4.74 Å². The van der Waals surface area contributed by atoms with Crippen LogP contribution in [0.5, 0.6) is 5.75 Å². The average molecular weight is 339 g/mol. The highest BCUT2D eigenvalue weighted by atomic mass is 32.2. The number of aryl methyl sites for hydroxylation is 1. The topological polar surface area (TPSA) is 99.4 Å². The summed E-state index contributed by atoms with van der Waals surface area (Å²) in [5.74, 6) is 0.605. The van der Waals surface area contributed by atoms with Gasteiger partial charge in [-0.1, -0.05) is 0 Å². The number of rotatable bonds is 5. The van der Waals surface area contributed by atoms with Crippen molar-refractivity contribution in [1.29, 1.82) is 0 Å². The zero-order valence-corrected chi connectivity index (χ0v) is 13.8. The van der Waals surface area contributed by atoms with Crippen LogP contribution < -0.4 is 20.7 Å². The van der Waals surface area contributed by atoms with Crippen molar-refractivity contribution in [2.75, 3.05) is 11.3 Å². The Morgan fingerprint density at radius 1 is 1.13 bits per heavy atom. The van der Waals surface area contributed by atoms with Crippen molar-refractivity contribution < 1.29 is 13.2 Å². The van der Waals surface area contributed by atoms with Crippen molar-refractivity contribution in [3.05, 3.63) is 51.3 Å². The molecule has 0 aliphatic carbocycles. The summed E-state index contributed by atoms with van der Waals surface area (Å²) in [6, 6.07) is 6.27. The van der Waals surface area contributed by atoms with Crippen molar-refractivity contribution in [2.45, 2.75) is 11.8 Å². The molecule has 0 unspecified atom stereocenters. The van der Waals surface area contributed by atoms with Crippen LogP contribution in [0.2, 0.25) is 0 Å². The maximum Gasteiger partial charge on any atom is 0.330 e. The fraction of sp³-hybridized carbons (Fsp3) is 0.286. The molecule has 0 fully saturated rings. The fourth-order valence-electron chi connectivity index (χ4n) is 1.96. The number of hydrogen-bond acceptors (Lipinski definition) is 5. The number of hydrogen-bond donors (Lipinski definition) is 1. The van der Waals surface area contributed by atoms with Crippen LogP contribution in [0.15, 0.2) is 44.9 Å². The molecule has 1 aromatic carbocycles. The van der Waals surface area contributed by atoms with Gasteiger partial charge in [0.15, 0.2) is 4.90 Å². The van der Waals surface area contributed by atoms with Gasteiger partial charge in [-0.15, -0.1) is 0 Å². The van der Waals surface area contributed by atoms with Crippen molar-refractivity contribution in [1.82, 2.24) is 9.13 Å². The van der Waals surface area contributed by atoms with Crippen LogP contribution in [0.25, 0.3) is 0 Å². The van der Waals surface area contributed by atoms with Gasteiger partial charge < -0.3 is 9.30 Å². The molecule has 1 N–H and O–H groups in total. The molecule has 1 aromatic heterocycles. The molecule has 9 heteroatoms. The van der Waals surface area contributed by atoms with Gasteiger partial charge >= 0.3 is 5.69 Å². The largest absolute Gasteiger partial charge is 0.494 e. The Balaban J connectivity index is 2.40. The molecule has 0 saturated carbocycles. The monoisotopic (exact) mass is 339 g/mol. The number of nitrogens with one attached hydrogen (secondary N) is 1. The Labute approximate surface area is 133 Å². The third kappa shape index (κ3) is 3.45. The van der Waals surface area contributed by atoms with Gasteiger partial charge in [0.05, 0.1) is 6.61 Å². The number of sulfonamides is 1. The van der Waals surface area contributed by atoms with E-state index >= 15 is 0 Å². The summed E-state index contributed by atoms with van der Waals surface area (Å²) in [5.41, 5.74) is -1.20. The molecular formula is C14H17N3O5S. The van der Waals surface area contributed by atoms with Crippen LogP contribution in [0.4, 0.5) is 5.69 Å². The summed E-state index contributed by atoms with van der Waals surface area (Å²) >= 11 is 0. The van der Waals surface area contributed by atoms with E-state index in [0.717, 1.165) is 15.3 Å². The minimum absolute atomic E-state index is 0.282. The van der Waals surface area contributed by atoms with E-state index in [1.54, 1.807) is 12.1 Å². The summed E-state index contributed by atoms with van der Waals surface area (Å²) in [5, 5.41) is 0. The van der Waals surface area contributed by atoms with Crippen molar-refractivity contribution in [3.8, 4) is 5.75 Å². The van der Waals surface area contributed by atoms with Gasteiger partial charge in [-0.25, -0.2) is 13.2 Å². The molecule has 23 heavy (non-hydrogen) atoms. The van der Waals surface area contributed by atoms with Crippen LogP contribution in [0.3, 0.4) is 0 Å². The van der Waals surface area contributed by atoms with Gasteiger partial charge in [0.25, 0.3) is 15.6 Å². The molecule has 0 spiro atoms. The first-order valence-corrected chi connectivity index (χ1v) is 8.27. The fourth-order valence-corrected chi connectivity index (χ4v) is 3.18. The molecule has 0 aliphatic heterocycles. The Kier molecular flexibility index (Phi) is 4.60. The zero-order valence-electron chi connectivity index (χ0n) is 12.9. The molecule has 0 saturated heterocycles. The van der Waals surface area contributed by atoms with Crippen LogP contribution in [-0.2, 0) is 24.1 Å². The minimum atomic E-state index is -4.11. The molecule has 8 nitrogen and oxygen atoms in total. The number of ether oxygens (including phenoxy) is 1. The number of aromatic nitrogens is 2. The van der Waals surface area contributed by atoms with Gasteiger partial charge in [-0.3, -0.25) is 14.1 Å². The minimum Gasteiger partial charge on any atom is -0.494 e. The highest BCUT2D eigenvalue weighted by Gasteiger charge is 2.21. The number of nitrogens with zero attached hydrogens (tertiary/aromatic N) is 2. The second kappa shape index (κ2) is 6.29. The number of anilines is 1. The Morgan fingerprint density at radius 3 is 2.30 bits per heavy atom. The van der Waals surface area contributed by atoms with Crippen LogP contribution in [0, 0.1) is 0 Å². The molecule has 0 radical (unpaired) electrons. The predicted octanol–water partition coefficient (Wildman–Crippen LogP) is 0.283. The first-order valence-electron chi connectivity index (χ1n) is 6.78. The lowest BCUT2D eigenvalue weighted by atomic mass is 10.3. The summed E-state index contributed by atoms with van der Waals surface area (Å²) in [4.78, 5) is 23.1. The quantitative estimate of drug-likeness (QED) is 0.844. The van der Waals surface area contributed by atoms with Crippen LogP contribution in [0.1, 0.15) is 6.92 Å².